The standard InChI is InChI=1S/C17H14F2N2/c18-11-4-6-12(7-5-11)21-15-8-9-20-10-13(15)17-14(19)2-1-3-16(17)21/h1-7,20H,8-10H2. The summed E-state index contributed by atoms with van der Waals surface area (Å²) in [6, 6.07) is 11.5. The van der Waals surface area contributed by atoms with Gasteiger partial charge in [0.25, 0.3) is 0 Å². The van der Waals surface area contributed by atoms with Crippen molar-refractivity contribution in [2.75, 3.05) is 6.54 Å². The smallest absolute Gasteiger partial charge is 0.132 e. The molecule has 0 radical (unpaired) electrons. The highest BCUT2D eigenvalue weighted by molar-refractivity contribution is 5.88. The van der Waals surface area contributed by atoms with Gasteiger partial charge in [0, 0.05) is 36.3 Å². The second kappa shape index (κ2) is 4.67. The summed E-state index contributed by atoms with van der Waals surface area (Å²) in [5, 5.41) is 3.96. The van der Waals surface area contributed by atoms with Gasteiger partial charge in [0.05, 0.1) is 5.52 Å². The van der Waals surface area contributed by atoms with Crippen LogP contribution >= 0.6 is 0 Å². The molecule has 0 fully saturated rings. The number of hydrogen-bond donors (Lipinski definition) is 1. The van der Waals surface area contributed by atoms with E-state index in [2.05, 4.69) is 5.32 Å². The Morgan fingerprint density at radius 3 is 2.62 bits per heavy atom. The minimum absolute atomic E-state index is 0.201. The molecule has 1 N–H and O–H groups in total. The highest BCUT2D eigenvalue weighted by atomic mass is 19.1. The molecular formula is C17H14F2N2. The van der Waals surface area contributed by atoms with Crippen molar-refractivity contribution in [3.8, 4) is 5.69 Å². The molecule has 0 spiro atoms. The number of halogens is 2. The SMILES string of the molecule is Fc1ccc(-n2c3c(c4c(F)cccc42)CNCC3)cc1. The zero-order valence-electron chi connectivity index (χ0n) is 11.4. The molecule has 2 nitrogen and oxygen atoms in total. The van der Waals surface area contributed by atoms with Gasteiger partial charge >= 0.3 is 0 Å². The highest BCUT2D eigenvalue weighted by Crippen LogP contribution is 2.33. The van der Waals surface area contributed by atoms with Crippen molar-refractivity contribution in [2.24, 2.45) is 0 Å². The summed E-state index contributed by atoms with van der Waals surface area (Å²) in [5.74, 6) is -0.467. The normalized spacial score (nSPS) is 14.4. The number of nitrogens with zero attached hydrogens (tertiary/aromatic N) is 1. The first-order valence-electron chi connectivity index (χ1n) is 7.03. The Morgan fingerprint density at radius 1 is 1.00 bits per heavy atom. The van der Waals surface area contributed by atoms with Crippen LogP contribution in [0.5, 0.6) is 0 Å². The summed E-state index contributed by atoms with van der Waals surface area (Å²) in [4.78, 5) is 0. The third-order valence-electron chi connectivity index (χ3n) is 4.08. The van der Waals surface area contributed by atoms with E-state index in [0.717, 1.165) is 35.4 Å². The Hall–Kier alpha value is -2.20. The van der Waals surface area contributed by atoms with Crippen molar-refractivity contribution >= 4 is 10.9 Å². The Labute approximate surface area is 121 Å². The first-order valence-corrected chi connectivity index (χ1v) is 7.03. The van der Waals surface area contributed by atoms with Gasteiger partial charge in [-0.2, -0.15) is 0 Å². The first kappa shape index (κ1) is 12.5. The maximum absolute atomic E-state index is 14.3. The highest BCUT2D eigenvalue weighted by Gasteiger charge is 2.22. The third-order valence-corrected chi connectivity index (χ3v) is 4.08. The van der Waals surface area contributed by atoms with Crippen LogP contribution < -0.4 is 5.32 Å². The molecule has 4 heteroatoms. The second-order valence-electron chi connectivity index (χ2n) is 5.30. The molecule has 2 aromatic carbocycles. The molecule has 2 heterocycles. The van der Waals surface area contributed by atoms with Crippen LogP contribution in [0.15, 0.2) is 42.5 Å². The molecule has 0 atom stereocenters. The van der Waals surface area contributed by atoms with Crippen molar-refractivity contribution in [3.63, 3.8) is 0 Å². The van der Waals surface area contributed by atoms with E-state index in [-0.39, 0.29) is 11.6 Å². The molecule has 0 saturated carbocycles. The summed E-state index contributed by atoms with van der Waals surface area (Å²) in [7, 11) is 0. The van der Waals surface area contributed by atoms with Crippen LogP contribution in [0.3, 0.4) is 0 Å². The minimum atomic E-state index is -0.267. The van der Waals surface area contributed by atoms with Crippen LogP contribution in [0.2, 0.25) is 0 Å². The number of rotatable bonds is 1. The summed E-state index contributed by atoms with van der Waals surface area (Å²) in [6.07, 6.45) is 0.834. The lowest BCUT2D eigenvalue weighted by Crippen LogP contribution is -2.24. The summed E-state index contributed by atoms with van der Waals surface area (Å²) in [5.41, 5.74) is 3.84. The number of nitrogens with one attached hydrogen (secondary N) is 1. The van der Waals surface area contributed by atoms with Crippen molar-refractivity contribution in [2.45, 2.75) is 13.0 Å². The van der Waals surface area contributed by atoms with Crippen LogP contribution in [0.1, 0.15) is 11.3 Å². The van der Waals surface area contributed by atoms with Crippen LogP contribution in [0.25, 0.3) is 16.6 Å². The van der Waals surface area contributed by atoms with Crippen molar-refractivity contribution in [3.05, 3.63) is 65.4 Å². The van der Waals surface area contributed by atoms with E-state index < -0.39 is 0 Å². The van der Waals surface area contributed by atoms with Gasteiger partial charge in [-0.3, -0.25) is 0 Å². The Kier molecular flexibility index (Phi) is 2.79. The average Bonchev–Trinajstić information content (AvgIpc) is 2.84. The fourth-order valence-corrected chi connectivity index (χ4v) is 3.18. The molecule has 1 aromatic heterocycles. The topological polar surface area (TPSA) is 17.0 Å². The monoisotopic (exact) mass is 284 g/mol. The lowest BCUT2D eigenvalue weighted by molar-refractivity contribution is 0.619. The van der Waals surface area contributed by atoms with Gasteiger partial charge in [0.2, 0.25) is 0 Å². The molecular weight excluding hydrogens is 270 g/mol. The molecule has 0 saturated heterocycles. The fourth-order valence-electron chi connectivity index (χ4n) is 3.18. The molecule has 1 aliphatic heterocycles. The second-order valence-corrected chi connectivity index (χ2v) is 5.30. The fraction of sp³-hybridized carbons (Fsp3) is 0.176. The molecule has 0 amide bonds. The number of hydrogen-bond acceptors (Lipinski definition) is 1. The van der Waals surface area contributed by atoms with Gasteiger partial charge < -0.3 is 9.88 Å². The average molecular weight is 284 g/mol. The first-order chi connectivity index (χ1) is 10.3. The molecule has 21 heavy (non-hydrogen) atoms. The minimum Gasteiger partial charge on any atom is -0.313 e. The van der Waals surface area contributed by atoms with Crippen LogP contribution in [0, 0.1) is 11.6 Å². The number of benzene rings is 2. The quantitative estimate of drug-likeness (QED) is 0.723. The van der Waals surface area contributed by atoms with Crippen molar-refractivity contribution < 1.29 is 8.78 Å². The van der Waals surface area contributed by atoms with E-state index in [4.69, 9.17) is 0 Å². The predicted octanol–water partition coefficient (Wildman–Crippen LogP) is 3.55. The molecule has 1 aliphatic rings. The van der Waals surface area contributed by atoms with E-state index in [0.29, 0.717) is 11.9 Å². The van der Waals surface area contributed by atoms with Crippen LogP contribution in [-0.2, 0) is 13.0 Å². The molecule has 0 unspecified atom stereocenters. The van der Waals surface area contributed by atoms with Crippen LogP contribution in [-0.4, -0.2) is 11.1 Å². The summed E-state index contributed by atoms with van der Waals surface area (Å²) >= 11 is 0. The predicted molar refractivity (Wildman–Crippen MR) is 78.6 cm³/mol. The number of aromatic nitrogens is 1. The van der Waals surface area contributed by atoms with Gasteiger partial charge in [-0.1, -0.05) is 6.07 Å². The zero-order chi connectivity index (χ0) is 14.4. The third kappa shape index (κ3) is 1.87. The number of fused-ring (bicyclic) bond motifs is 3. The Bertz CT molecular complexity index is 819. The van der Waals surface area contributed by atoms with Gasteiger partial charge in [0.1, 0.15) is 11.6 Å². The van der Waals surface area contributed by atoms with Crippen molar-refractivity contribution in [1.82, 2.24) is 9.88 Å². The van der Waals surface area contributed by atoms with E-state index in [1.165, 1.54) is 18.2 Å². The molecule has 0 aliphatic carbocycles. The van der Waals surface area contributed by atoms with E-state index >= 15 is 0 Å². The largest absolute Gasteiger partial charge is 0.313 e. The Balaban J connectivity index is 2.08. The lowest BCUT2D eigenvalue weighted by atomic mass is 10.1. The van der Waals surface area contributed by atoms with Gasteiger partial charge in [-0.15, -0.1) is 0 Å². The summed E-state index contributed by atoms with van der Waals surface area (Å²) in [6.45, 7) is 1.53. The van der Waals surface area contributed by atoms with E-state index in [9.17, 15) is 8.78 Å². The maximum atomic E-state index is 14.3. The van der Waals surface area contributed by atoms with E-state index in [1.54, 1.807) is 18.2 Å². The maximum Gasteiger partial charge on any atom is 0.132 e. The molecule has 0 bridgehead atoms. The molecule has 3 aromatic rings. The van der Waals surface area contributed by atoms with Gasteiger partial charge in [-0.05, 0) is 42.0 Å². The molecule has 106 valence electrons. The lowest BCUT2D eigenvalue weighted by Gasteiger charge is -2.17. The Morgan fingerprint density at radius 2 is 1.81 bits per heavy atom. The summed E-state index contributed by atoms with van der Waals surface area (Å²) < 4.78 is 29.5. The van der Waals surface area contributed by atoms with E-state index in [1.807, 2.05) is 10.6 Å². The zero-order valence-corrected chi connectivity index (χ0v) is 11.4. The van der Waals surface area contributed by atoms with Crippen molar-refractivity contribution in [1.29, 1.82) is 0 Å². The molecule has 4 rings (SSSR count). The van der Waals surface area contributed by atoms with Crippen LogP contribution in [0.4, 0.5) is 8.78 Å². The van der Waals surface area contributed by atoms with Gasteiger partial charge in [-0.25, -0.2) is 8.78 Å². The van der Waals surface area contributed by atoms with Gasteiger partial charge in [0.15, 0.2) is 0 Å².